The molecule has 0 spiro atoms. The molecule has 0 atom stereocenters. The predicted octanol–water partition coefficient (Wildman–Crippen LogP) is 15.2. The summed E-state index contributed by atoms with van der Waals surface area (Å²) in [6.07, 6.45) is 0. The van der Waals surface area contributed by atoms with Crippen molar-refractivity contribution in [1.29, 1.82) is 0 Å². The van der Waals surface area contributed by atoms with Crippen molar-refractivity contribution >= 4 is 21.8 Å². The van der Waals surface area contributed by atoms with Crippen LogP contribution in [0.4, 0.5) is 0 Å². The summed E-state index contributed by atoms with van der Waals surface area (Å²) >= 11 is 0. The van der Waals surface area contributed by atoms with E-state index in [2.05, 4.69) is 213 Å². The van der Waals surface area contributed by atoms with E-state index >= 15 is 0 Å². The molecule has 0 fully saturated rings. The highest BCUT2D eigenvalue weighted by atomic mass is 14.9. The molecule has 8 aromatic carbocycles. The van der Waals surface area contributed by atoms with Gasteiger partial charge in [-0.25, -0.2) is 15.0 Å². The van der Waals surface area contributed by atoms with Crippen LogP contribution in [-0.2, 0) is 0 Å². The van der Waals surface area contributed by atoms with Gasteiger partial charge in [0.15, 0.2) is 5.82 Å². The molecular weight excluding hydrogens is 765 g/mol. The van der Waals surface area contributed by atoms with E-state index in [-0.39, 0.29) is 0 Å². The summed E-state index contributed by atoms with van der Waals surface area (Å²) in [5, 5.41) is 2.14. The van der Waals surface area contributed by atoms with Crippen molar-refractivity contribution in [1.82, 2.24) is 19.9 Å². The van der Waals surface area contributed by atoms with Gasteiger partial charge in [-0.3, -0.25) is 4.98 Å². The summed E-state index contributed by atoms with van der Waals surface area (Å²) < 4.78 is 0. The number of pyridine rings is 2. The maximum atomic E-state index is 5.25. The fourth-order valence-corrected chi connectivity index (χ4v) is 8.51. The number of benzene rings is 8. The average molecular weight is 805 g/mol. The Kier molecular flexibility index (Phi) is 9.72. The second-order valence-electron chi connectivity index (χ2n) is 15.9. The van der Waals surface area contributed by atoms with Gasteiger partial charge < -0.3 is 0 Å². The quantitative estimate of drug-likeness (QED) is 0.144. The Morgan fingerprint density at radius 1 is 0.270 bits per heavy atom. The molecule has 0 aliphatic rings. The van der Waals surface area contributed by atoms with Crippen molar-refractivity contribution in [3.8, 4) is 89.7 Å². The van der Waals surface area contributed by atoms with Crippen LogP contribution in [0.1, 0.15) is 5.69 Å². The van der Waals surface area contributed by atoms with E-state index in [1.165, 1.54) is 16.7 Å². The monoisotopic (exact) mass is 804 g/mol. The van der Waals surface area contributed by atoms with Gasteiger partial charge in [-0.05, 0) is 81.8 Å². The van der Waals surface area contributed by atoms with Crippen LogP contribution in [0.2, 0.25) is 0 Å². The van der Waals surface area contributed by atoms with E-state index in [1.807, 2.05) is 18.2 Å². The molecule has 0 saturated heterocycles. The third-order valence-corrected chi connectivity index (χ3v) is 11.8. The minimum absolute atomic E-state index is 0.688. The van der Waals surface area contributed by atoms with Crippen LogP contribution in [0.25, 0.3) is 111 Å². The molecule has 4 heteroatoms. The third-order valence-electron chi connectivity index (χ3n) is 11.8. The van der Waals surface area contributed by atoms with Gasteiger partial charge in [0.25, 0.3) is 0 Å². The molecule has 0 N–H and O–H groups in total. The maximum Gasteiger partial charge on any atom is 0.160 e. The van der Waals surface area contributed by atoms with Crippen LogP contribution in [0.15, 0.2) is 224 Å². The van der Waals surface area contributed by atoms with E-state index in [4.69, 9.17) is 19.9 Å². The summed E-state index contributed by atoms with van der Waals surface area (Å²) in [5.41, 5.74) is 18.7. The van der Waals surface area contributed by atoms with Crippen LogP contribution in [0, 0.1) is 6.92 Å². The highest BCUT2D eigenvalue weighted by Crippen LogP contribution is 2.37. The van der Waals surface area contributed by atoms with Crippen molar-refractivity contribution in [3.63, 3.8) is 0 Å². The second kappa shape index (κ2) is 16.3. The van der Waals surface area contributed by atoms with Crippen LogP contribution in [0.5, 0.6) is 0 Å². The lowest BCUT2D eigenvalue weighted by molar-refractivity contribution is 1.18. The summed E-state index contributed by atoms with van der Waals surface area (Å²) in [5.74, 6) is 0.688. The minimum atomic E-state index is 0.688. The summed E-state index contributed by atoms with van der Waals surface area (Å²) in [4.78, 5) is 20.6. The molecule has 63 heavy (non-hydrogen) atoms. The van der Waals surface area contributed by atoms with Crippen molar-refractivity contribution in [2.24, 2.45) is 0 Å². The topological polar surface area (TPSA) is 51.6 Å². The highest BCUT2D eigenvalue weighted by Gasteiger charge is 2.15. The molecule has 0 bridgehead atoms. The maximum absolute atomic E-state index is 5.25. The number of nitrogens with zero attached hydrogens (tertiary/aromatic N) is 4. The molecule has 0 radical (unpaired) electrons. The SMILES string of the molecule is Cc1cc(-c2cccc(-c3cccc(-c4cc(-c5ccccc5)nc(-c5ccc(-c6ccccc6)cc5)n4)c3)c2)c2ccc3ccc(-c4ccc(-c5ccccc5)cc4)nc3c2n1. The molecule has 11 aromatic rings. The Bertz CT molecular complexity index is 3420. The van der Waals surface area contributed by atoms with Crippen molar-refractivity contribution in [2.75, 3.05) is 0 Å². The predicted molar refractivity (Wildman–Crippen MR) is 261 cm³/mol. The largest absolute Gasteiger partial charge is 0.251 e. The zero-order valence-electron chi connectivity index (χ0n) is 34.7. The van der Waals surface area contributed by atoms with Crippen LogP contribution in [0.3, 0.4) is 0 Å². The number of aromatic nitrogens is 4. The van der Waals surface area contributed by atoms with Crippen molar-refractivity contribution in [2.45, 2.75) is 6.92 Å². The van der Waals surface area contributed by atoms with E-state index in [9.17, 15) is 0 Å². The smallest absolute Gasteiger partial charge is 0.160 e. The van der Waals surface area contributed by atoms with E-state index < -0.39 is 0 Å². The van der Waals surface area contributed by atoms with Crippen LogP contribution >= 0.6 is 0 Å². The first kappa shape index (κ1) is 37.6. The van der Waals surface area contributed by atoms with Crippen molar-refractivity contribution in [3.05, 3.63) is 230 Å². The van der Waals surface area contributed by atoms with E-state index in [0.29, 0.717) is 5.82 Å². The van der Waals surface area contributed by atoms with Gasteiger partial charge in [0.2, 0.25) is 0 Å². The first-order chi connectivity index (χ1) is 31.1. The first-order valence-electron chi connectivity index (χ1n) is 21.3. The lowest BCUT2D eigenvalue weighted by Crippen LogP contribution is -1.96. The van der Waals surface area contributed by atoms with Gasteiger partial charge in [0.1, 0.15) is 0 Å². The highest BCUT2D eigenvalue weighted by molar-refractivity contribution is 6.09. The molecule has 0 saturated carbocycles. The molecule has 0 aliphatic carbocycles. The molecule has 296 valence electrons. The molecule has 3 aromatic heterocycles. The minimum Gasteiger partial charge on any atom is -0.251 e. The fourth-order valence-electron chi connectivity index (χ4n) is 8.51. The van der Waals surface area contributed by atoms with Gasteiger partial charge in [-0.2, -0.15) is 0 Å². The van der Waals surface area contributed by atoms with Gasteiger partial charge in [0.05, 0.1) is 28.1 Å². The summed E-state index contributed by atoms with van der Waals surface area (Å²) in [6, 6.07) is 78.8. The summed E-state index contributed by atoms with van der Waals surface area (Å²) in [6.45, 7) is 2.07. The lowest BCUT2D eigenvalue weighted by Gasteiger charge is -2.13. The second-order valence-corrected chi connectivity index (χ2v) is 15.9. The van der Waals surface area contributed by atoms with Crippen LogP contribution < -0.4 is 0 Å². The Balaban J connectivity index is 0.951. The number of rotatable bonds is 8. The zero-order valence-corrected chi connectivity index (χ0v) is 34.7. The first-order valence-corrected chi connectivity index (χ1v) is 21.3. The molecule has 0 unspecified atom stereocenters. The standard InChI is InChI=1S/C59H40N4/c1-39-35-53(52-33-31-46-32-34-54(61-57(46)58(52)60-39)45-27-23-42(24-28-45)40-13-5-2-6-14-40)50-21-11-19-48(36-50)49-20-12-22-51(37-49)56-38-55(44-17-9-4-10-18-44)62-59(63-56)47-29-25-43(26-30-47)41-15-7-3-8-16-41/h2-38H,1H3. The Morgan fingerprint density at radius 3 is 1.37 bits per heavy atom. The number of hydrogen-bond acceptors (Lipinski definition) is 4. The van der Waals surface area contributed by atoms with E-state index in [0.717, 1.165) is 94.7 Å². The van der Waals surface area contributed by atoms with E-state index in [1.54, 1.807) is 0 Å². The third kappa shape index (κ3) is 7.56. The molecule has 0 amide bonds. The van der Waals surface area contributed by atoms with Crippen molar-refractivity contribution < 1.29 is 0 Å². The fraction of sp³-hybridized carbons (Fsp3) is 0.0169. The number of aryl methyl sites for hydroxylation is 1. The Labute approximate surface area is 366 Å². The number of hydrogen-bond donors (Lipinski definition) is 0. The molecule has 4 nitrogen and oxygen atoms in total. The molecule has 0 aliphatic heterocycles. The zero-order chi connectivity index (χ0) is 42.1. The lowest BCUT2D eigenvalue weighted by atomic mass is 9.94. The number of fused-ring (bicyclic) bond motifs is 3. The Morgan fingerprint density at radius 2 is 0.730 bits per heavy atom. The average Bonchev–Trinajstić information content (AvgIpc) is 3.37. The normalized spacial score (nSPS) is 11.3. The van der Waals surface area contributed by atoms with Gasteiger partial charge in [-0.1, -0.05) is 194 Å². The van der Waals surface area contributed by atoms with Gasteiger partial charge in [-0.15, -0.1) is 0 Å². The van der Waals surface area contributed by atoms with Crippen LogP contribution in [-0.4, -0.2) is 19.9 Å². The Hall–Kier alpha value is -8.34. The molecule has 3 heterocycles. The van der Waals surface area contributed by atoms with Gasteiger partial charge >= 0.3 is 0 Å². The molecule has 11 rings (SSSR count). The summed E-state index contributed by atoms with van der Waals surface area (Å²) in [7, 11) is 0. The molecular formula is C59H40N4. The van der Waals surface area contributed by atoms with Gasteiger partial charge in [0, 0.05) is 38.7 Å².